The lowest BCUT2D eigenvalue weighted by Crippen LogP contribution is -2.37. The number of alkyl halides is 1. The van der Waals surface area contributed by atoms with Crippen LogP contribution in [0.25, 0.3) is 0 Å². The zero-order valence-electron chi connectivity index (χ0n) is 9.38. The van der Waals surface area contributed by atoms with Crippen molar-refractivity contribution in [1.82, 2.24) is 0 Å². The molecule has 0 bridgehead atoms. The van der Waals surface area contributed by atoms with Crippen molar-refractivity contribution in [3.63, 3.8) is 0 Å². The minimum absolute atomic E-state index is 0.0520. The topological polar surface area (TPSA) is 33.0 Å². The van der Waals surface area contributed by atoms with Crippen molar-refractivity contribution < 1.29 is 9.13 Å². The molecule has 0 unspecified atom stereocenters. The van der Waals surface area contributed by atoms with Crippen molar-refractivity contribution in [3.8, 4) is 11.8 Å². The van der Waals surface area contributed by atoms with Crippen LogP contribution in [-0.2, 0) is 0 Å². The van der Waals surface area contributed by atoms with Gasteiger partial charge in [0.05, 0.1) is 12.2 Å². The molecule has 0 atom stereocenters. The van der Waals surface area contributed by atoms with Crippen molar-refractivity contribution in [2.75, 3.05) is 11.9 Å². The molecular weight excluding hydrogens is 285 g/mol. The van der Waals surface area contributed by atoms with E-state index in [1.807, 2.05) is 0 Å². The van der Waals surface area contributed by atoms with Gasteiger partial charge in [-0.05, 0) is 25.0 Å². The Morgan fingerprint density at radius 1 is 1.47 bits per heavy atom. The second-order valence-corrected chi connectivity index (χ2v) is 5.09. The fourth-order valence-electron chi connectivity index (χ4n) is 1.91. The third-order valence-electron chi connectivity index (χ3n) is 3.30. The number of hydrogen-bond acceptors (Lipinski definition) is 2. The molecule has 1 fully saturated rings. The molecule has 0 saturated heterocycles. The maximum Gasteiger partial charge on any atom is 0.144 e. The maximum atomic E-state index is 13.3. The summed E-state index contributed by atoms with van der Waals surface area (Å²) >= 11 is 3.50. The molecule has 4 heteroatoms. The van der Waals surface area contributed by atoms with Gasteiger partial charge in [-0.1, -0.05) is 22.4 Å². The van der Waals surface area contributed by atoms with Gasteiger partial charge in [-0.3, -0.25) is 0 Å². The van der Waals surface area contributed by atoms with E-state index in [1.165, 1.54) is 18.6 Å². The number of hydrogen-bond donors (Lipinski definition) is 0. The molecule has 90 valence electrons. The number of ether oxygens (including phenoxy) is 1. The van der Waals surface area contributed by atoms with Crippen LogP contribution in [0.4, 0.5) is 4.39 Å². The van der Waals surface area contributed by atoms with Gasteiger partial charge in [-0.25, -0.2) is 4.39 Å². The van der Waals surface area contributed by atoms with Crippen molar-refractivity contribution in [1.29, 1.82) is 5.26 Å². The highest BCUT2D eigenvalue weighted by Crippen LogP contribution is 2.42. The highest BCUT2D eigenvalue weighted by atomic mass is 79.9. The van der Waals surface area contributed by atoms with Crippen molar-refractivity contribution in [2.45, 2.75) is 19.3 Å². The van der Waals surface area contributed by atoms with Gasteiger partial charge in [0.15, 0.2) is 0 Å². The number of rotatable bonds is 4. The fraction of sp³-hybridized carbons (Fsp3) is 0.462. The van der Waals surface area contributed by atoms with Gasteiger partial charge in [0, 0.05) is 16.8 Å². The van der Waals surface area contributed by atoms with Crippen LogP contribution < -0.4 is 4.74 Å². The van der Waals surface area contributed by atoms with Gasteiger partial charge >= 0.3 is 0 Å². The van der Waals surface area contributed by atoms with Crippen LogP contribution in [0.15, 0.2) is 18.2 Å². The Bertz CT molecular complexity index is 446. The Morgan fingerprint density at radius 2 is 2.24 bits per heavy atom. The third kappa shape index (κ3) is 2.61. The Labute approximate surface area is 109 Å². The van der Waals surface area contributed by atoms with Gasteiger partial charge in [-0.2, -0.15) is 5.26 Å². The standard InChI is InChI=1S/C13H13BrFNO/c14-8-13(4-1-5-13)9-17-11-3-2-10(7-16)12(15)6-11/h2-3,6H,1,4-5,8-9H2. The molecule has 2 nitrogen and oxygen atoms in total. The molecular formula is C13H13BrFNO. The summed E-state index contributed by atoms with van der Waals surface area (Å²) in [5, 5.41) is 9.53. The van der Waals surface area contributed by atoms with E-state index < -0.39 is 5.82 Å². The lowest BCUT2D eigenvalue weighted by molar-refractivity contribution is 0.0836. The molecule has 0 heterocycles. The number of halogens is 2. The summed E-state index contributed by atoms with van der Waals surface area (Å²) in [6.45, 7) is 0.601. The lowest BCUT2D eigenvalue weighted by atomic mass is 9.71. The molecule has 2 rings (SSSR count). The first-order valence-electron chi connectivity index (χ1n) is 5.57. The van der Waals surface area contributed by atoms with E-state index in [9.17, 15) is 4.39 Å². The zero-order valence-corrected chi connectivity index (χ0v) is 11.0. The molecule has 0 radical (unpaired) electrons. The summed E-state index contributed by atoms with van der Waals surface area (Å²) in [6.07, 6.45) is 3.53. The third-order valence-corrected chi connectivity index (χ3v) is 4.49. The molecule has 1 aliphatic rings. The second-order valence-electron chi connectivity index (χ2n) is 4.53. The first kappa shape index (κ1) is 12.4. The Morgan fingerprint density at radius 3 is 2.71 bits per heavy atom. The summed E-state index contributed by atoms with van der Waals surface area (Å²) in [5.74, 6) is -0.0276. The van der Waals surface area contributed by atoms with Crippen molar-refractivity contribution in [2.24, 2.45) is 5.41 Å². The molecule has 17 heavy (non-hydrogen) atoms. The van der Waals surface area contributed by atoms with Crippen molar-refractivity contribution >= 4 is 15.9 Å². The minimum Gasteiger partial charge on any atom is -0.493 e. The van der Waals surface area contributed by atoms with E-state index in [4.69, 9.17) is 10.00 Å². The molecule has 1 aliphatic carbocycles. The zero-order chi connectivity index (χ0) is 12.3. The number of nitriles is 1. The van der Waals surface area contributed by atoms with Crippen LogP contribution in [0, 0.1) is 22.6 Å². The predicted molar refractivity (Wildman–Crippen MR) is 66.7 cm³/mol. The largest absolute Gasteiger partial charge is 0.493 e. The minimum atomic E-state index is -0.522. The molecule has 1 saturated carbocycles. The van der Waals surface area contributed by atoms with Crippen molar-refractivity contribution in [3.05, 3.63) is 29.6 Å². The van der Waals surface area contributed by atoms with Crippen LogP contribution >= 0.6 is 15.9 Å². The van der Waals surface area contributed by atoms with Crippen LogP contribution in [-0.4, -0.2) is 11.9 Å². The highest BCUT2D eigenvalue weighted by Gasteiger charge is 2.36. The van der Waals surface area contributed by atoms with E-state index in [1.54, 1.807) is 12.1 Å². The van der Waals surface area contributed by atoms with Crippen LogP contribution in [0.1, 0.15) is 24.8 Å². The predicted octanol–water partition coefficient (Wildman–Crippen LogP) is 3.64. The van der Waals surface area contributed by atoms with Gasteiger partial charge in [0.25, 0.3) is 0 Å². The molecule has 0 N–H and O–H groups in total. The normalized spacial score (nSPS) is 17.0. The van der Waals surface area contributed by atoms with Gasteiger partial charge in [0.2, 0.25) is 0 Å². The second kappa shape index (κ2) is 5.05. The SMILES string of the molecule is N#Cc1ccc(OCC2(CBr)CCC2)cc1F. The van der Waals surface area contributed by atoms with Crippen LogP contribution in [0.2, 0.25) is 0 Å². The fourth-order valence-corrected chi connectivity index (χ4v) is 2.63. The quantitative estimate of drug-likeness (QED) is 0.795. The van der Waals surface area contributed by atoms with Crippen LogP contribution in [0.3, 0.4) is 0 Å². The monoisotopic (exact) mass is 297 g/mol. The summed E-state index contributed by atoms with van der Waals surface area (Å²) < 4.78 is 18.9. The number of benzene rings is 1. The average Bonchev–Trinajstić information content (AvgIpc) is 2.28. The maximum absolute atomic E-state index is 13.3. The summed E-state index contributed by atoms with van der Waals surface area (Å²) in [4.78, 5) is 0. The summed E-state index contributed by atoms with van der Waals surface area (Å²) in [7, 11) is 0. The smallest absolute Gasteiger partial charge is 0.144 e. The van der Waals surface area contributed by atoms with E-state index in [0.29, 0.717) is 12.4 Å². The van der Waals surface area contributed by atoms with E-state index in [2.05, 4.69) is 15.9 Å². The van der Waals surface area contributed by atoms with Gasteiger partial charge < -0.3 is 4.74 Å². The van der Waals surface area contributed by atoms with Gasteiger partial charge in [0.1, 0.15) is 17.6 Å². The Hall–Kier alpha value is -1.08. The first-order chi connectivity index (χ1) is 8.19. The molecule has 0 spiro atoms. The molecule has 0 aliphatic heterocycles. The summed E-state index contributed by atoms with van der Waals surface area (Å²) in [6, 6.07) is 6.16. The van der Waals surface area contributed by atoms with E-state index in [-0.39, 0.29) is 11.0 Å². The molecule has 1 aromatic rings. The summed E-state index contributed by atoms with van der Waals surface area (Å²) in [5.41, 5.74) is 0.265. The first-order valence-corrected chi connectivity index (χ1v) is 6.70. The molecule has 1 aromatic carbocycles. The van der Waals surface area contributed by atoms with Crippen LogP contribution in [0.5, 0.6) is 5.75 Å². The Balaban J connectivity index is 2.00. The van der Waals surface area contributed by atoms with E-state index >= 15 is 0 Å². The lowest BCUT2D eigenvalue weighted by Gasteiger charge is -2.39. The van der Waals surface area contributed by atoms with Gasteiger partial charge in [-0.15, -0.1) is 0 Å². The Kier molecular flexibility index (Phi) is 3.68. The average molecular weight is 298 g/mol. The van der Waals surface area contributed by atoms with E-state index in [0.717, 1.165) is 18.2 Å². The molecule has 0 amide bonds. The highest BCUT2D eigenvalue weighted by molar-refractivity contribution is 9.09. The molecule has 0 aromatic heterocycles. The number of nitrogens with zero attached hydrogens (tertiary/aromatic N) is 1.